The van der Waals surface area contributed by atoms with E-state index in [1.165, 1.54) is 5.56 Å². The fourth-order valence-corrected chi connectivity index (χ4v) is 2.14. The molecule has 0 radical (unpaired) electrons. The summed E-state index contributed by atoms with van der Waals surface area (Å²) >= 11 is 5.22. The Bertz CT molecular complexity index is 664. The van der Waals surface area contributed by atoms with E-state index in [2.05, 4.69) is 41.8 Å². The topological polar surface area (TPSA) is 45.6 Å². The van der Waals surface area contributed by atoms with E-state index in [1.54, 1.807) is 13.3 Å². The van der Waals surface area contributed by atoms with Gasteiger partial charge in [-0.25, -0.2) is 0 Å². The molecule has 0 aliphatic rings. The van der Waals surface area contributed by atoms with E-state index in [4.69, 9.17) is 17.0 Å². The third kappa shape index (κ3) is 5.38. The van der Waals surface area contributed by atoms with Crippen LogP contribution >= 0.6 is 12.2 Å². The smallest absolute Gasteiger partial charge is 0.191 e. The molecular weight excluding hydrogens is 306 g/mol. The Balaban J connectivity index is 1.85. The number of benzene rings is 2. The maximum absolute atomic E-state index is 5.22. The lowest BCUT2D eigenvalue weighted by atomic mass is 10.0. The minimum atomic E-state index is 0.451. The minimum absolute atomic E-state index is 0.451. The van der Waals surface area contributed by atoms with Crippen LogP contribution in [0.15, 0.2) is 53.6 Å². The number of nitrogens with one attached hydrogen (secondary N) is 2. The van der Waals surface area contributed by atoms with E-state index in [9.17, 15) is 0 Å². The first-order chi connectivity index (χ1) is 11.1. The third-order valence-corrected chi connectivity index (χ3v) is 3.52. The molecule has 120 valence electrons. The third-order valence-electron chi connectivity index (χ3n) is 3.33. The lowest BCUT2D eigenvalue weighted by molar-refractivity contribution is 0.415. The van der Waals surface area contributed by atoms with Crippen LogP contribution in [-0.4, -0.2) is 18.4 Å². The van der Waals surface area contributed by atoms with Crippen molar-refractivity contribution in [1.82, 2.24) is 5.43 Å². The zero-order valence-corrected chi connectivity index (χ0v) is 14.4. The van der Waals surface area contributed by atoms with Gasteiger partial charge in [0.05, 0.1) is 13.3 Å². The molecule has 23 heavy (non-hydrogen) atoms. The molecule has 0 amide bonds. The molecule has 5 heteroatoms. The number of rotatable bonds is 5. The summed E-state index contributed by atoms with van der Waals surface area (Å²) in [5.41, 5.74) is 6.00. The average Bonchev–Trinajstić information content (AvgIpc) is 2.56. The molecule has 0 spiro atoms. The van der Waals surface area contributed by atoms with Gasteiger partial charge < -0.3 is 10.1 Å². The van der Waals surface area contributed by atoms with Crippen LogP contribution in [0.5, 0.6) is 5.75 Å². The van der Waals surface area contributed by atoms with E-state index in [0.717, 1.165) is 17.0 Å². The van der Waals surface area contributed by atoms with Crippen molar-refractivity contribution < 1.29 is 4.74 Å². The van der Waals surface area contributed by atoms with Crippen LogP contribution < -0.4 is 15.5 Å². The fourth-order valence-electron chi connectivity index (χ4n) is 1.97. The quantitative estimate of drug-likeness (QED) is 0.492. The van der Waals surface area contributed by atoms with Crippen molar-refractivity contribution >= 4 is 29.2 Å². The molecule has 0 unspecified atom stereocenters. The van der Waals surface area contributed by atoms with Crippen LogP contribution in [0.2, 0.25) is 0 Å². The van der Waals surface area contributed by atoms with Crippen LogP contribution in [0.1, 0.15) is 30.9 Å². The maximum atomic E-state index is 5.22. The lowest BCUT2D eigenvalue weighted by Gasteiger charge is -2.09. The van der Waals surface area contributed by atoms with Crippen molar-refractivity contribution in [3.8, 4) is 5.75 Å². The highest BCUT2D eigenvalue weighted by molar-refractivity contribution is 7.80. The van der Waals surface area contributed by atoms with Crippen molar-refractivity contribution in [1.29, 1.82) is 0 Å². The zero-order valence-electron chi connectivity index (χ0n) is 13.5. The van der Waals surface area contributed by atoms with Gasteiger partial charge >= 0.3 is 0 Å². The summed E-state index contributed by atoms with van der Waals surface area (Å²) in [6.07, 6.45) is 1.70. The summed E-state index contributed by atoms with van der Waals surface area (Å²) in [5.74, 6) is 1.33. The van der Waals surface area contributed by atoms with Gasteiger partial charge in [0, 0.05) is 5.69 Å². The Morgan fingerprint density at radius 2 is 1.74 bits per heavy atom. The van der Waals surface area contributed by atoms with Crippen LogP contribution in [0.3, 0.4) is 0 Å². The molecule has 4 nitrogen and oxygen atoms in total. The molecule has 0 aromatic heterocycles. The number of ether oxygens (including phenoxy) is 1. The summed E-state index contributed by atoms with van der Waals surface area (Å²) in [6, 6.07) is 15.8. The summed E-state index contributed by atoms with van der Waals surface area (Å²) in [6.45, 7) is 4.34. The lowest BCUT2D eigenvalue weighted by Crippen LogP contribution is -2.23. The molecule has 2 aromatic carbocycles. The van der Waals surface area contributed by atoms with Gasteiger partial charge in [-0.3, -0.25) is 5.43 Å². The number of methoxy groups -OCH3 is 1. The highest BCUT2D eigenvalue weighted by Gasteiger charge is 2.00. The van der Waals surface area contributed by atoms with E-state index < -0.39 is 0 Å². The fraction of sp³-hybridized carbons (Fsp3) is 0.222. The highest BCUT2D eigenvalue weighted by atomic mass is 32.1. The monoisotopic (exact) mass is 327 g/mol. The predicted octanol–water partition coefficient (Wildman–Crippen LogP) is 4.14. The number of thiocarbonyl (C=S) groups is 1. The van der Waals surface area contributed by atoms with Gasteiger partial charge in [-0.15, -0.1) is 0 Å². The SMILES string of the molecule is COc1ccc(/C=N/NC(=S)Nc2ccc(C(C)C)cc2)cc1. The van der Waals surface area contributed by atoms with Gasteiger partial charge in [0.1, 0.15) is 5.75 Å². The van der Waals surface area contributed by atoms with E-state index in [0.29, 0.717) is 11.0 Å². The summed E-state index contributed by atoms with van der Waals surface area (Å²) < 4.78 is 5.11. The first-order valence-electron chi connectivity index (χ1n) is 7.42. The van der Waals surface area contributed by atoms with Gasteiger partial charge in [0.15, 0.2) is 5.11 Å². The average molecular weight is 327 g/mol. The van der Waals surface area contributed by atoms with Crippen LogP contribution in [0, 0.1) is 0 Å². The van der Waals surface area contributed by atoms with E-state index in [-0.39, 0.29) is 0 Å². The second-order valence-electron chi connectivity index (χ2n) is 5.37. The van der Waals surface area contributed by atoms with Crippen molar-refractivity contribution in [2.45, 2.75) is 19.8 Å². The number of anilines is 1. The Kier molecular flexibility index (Phi) is 6.11. The number of nitrogens with zero attached hydrogens (tertiary/aromatic N) is 1. The van der Waals surface area contributed by atoms with Gasteiger partial charge in [-0.05, 0) is 65.7 Å². The zero-order chi connectivity index (χ0) is 16.7. The van der Waals surface area contributed by atoms with E-state index in [1.807, 2.05) is 36.4 Å². The van der Waals surface area contributed by atoms with Crippen molar-refractivity contribution in [3.63, 3.8) is 0 Å². The van der Waals surface area contributed by atoms with Crippen molar-refractivity contribution in [2.24, 2.45) is 5.10 Å². The largest absolute Gasteiger partial charge is 0.497 e. The second-order valence-corrected chi connectivity index (χ2v) is 5.78. The van der Waals surface area contributed by atoms with Crippen molar-refractivity contribution in [2.75, 3.05) is 12.4 Å². The summed E-state index contributed by atoms with van der Waals surface area (Å²) in [5, 5.41) is 7.67. The molecule has 0 saturated carbocycles. The first-order valence-corrected chi connectivity index (χ1v) is 7.83. The first kappa shape index (κ1) is 17.0. The Morgan fingerprint density at radius 3 is 2.30 bits per heavy atom. The molecule has 0 bridgehead atoms. The number of hydrazone groups is 1. The highest BCUT2D eigenvalue weighted by Crippen LogP contribution is 2.17. The molecule has 0 aliphatic carbocycles. The Hall–Kier alpha value is -2.40. The van der Waals surface area contributed by atoms with Gasteiger partial charge in [-0.2, -0.15) is 5.10 Å². The molecule has 0 fully saturated rings. The number of hydrogen-bond donors (Lipinski definition) is 2. The maximum Gasteiger partial charge on any atom is 0.191 e. The van der Waals surface area contributed by atoms with Gasteiger partial charge in [0.2, 0.25) is 0 Å². The molecule has 2 aromatic rings. The molecule has 2 rings (SSSR count). The molecule has 0 atom stereocenters. The van der Waals surface area contributed by atoms with Crippen molar-refractivity contribution in [3.05, 3.63) is 59.7 Å². The van der Waals surface area contributed by atoms with E-state index >= 15 is 0 Å². The van der Waals surface area contributed by atoms with Crippen LogP contribution in [0.4, 0.5) is 5.69 Å². The molecule has 0 aliphatic heterocycles. The molecule has 0 heterocycles. The van der Waals surface area contributed by atoms with Crippen LogP contribution in [0.25, 0.3) is 0 Å². The van der Waals surface area contributed by atoms with Gasteiger partial charge in [0.25, 0.3) is 0 Å². The standard InChI is InChI=1S/C18H21N3OS/c1-13(2)15-6-8-16(9-7-15)20-18(23)21-19-12-14-4-10-17(22-3)11-5-14/h4-13H,1-3H3,(H2,20,21,23)/b19-12+. The molecule has 0 saturated heterocycles. The summed E-state index contributed by atoms with van der Waals surface area (Å²) in [7, 11) is 1.64. The molecule has 2 N–H and O–H groups in total. The predicted molar refractivity (Wildman–Crippen MR) is 100 cm³/mol. The Labute approximate surface area is 142 Å². The van der Waals surface area contributed by atoms with Gasteiger partial charge in [-0.1, -0.05) is 26.0 Å². The summed E-state index contributed by atoms with van der Waals surface area (Å²) in [4.78, 5) is 0. The Morgan fingerprint density at radius 1 is 1.09 bits per heavy atom. The normalized spacial score (nSPS) is 10.8. The minimum Gasteiger partial charge on any atom is -0.497 e. The molecular formula is C18H21N3OS. The van der Waals surface area contributed by atoms with Crippen LogP contribution in [-0.2, 0) is 0 Å². The second kappa shape index (κ2) is 8.29. The number of hydrogen-bond acceptors (Lipinski definition) is 3.